The zero-order chi connectivity index (χ0) is 11.1. The minimum Gasteiger partial charge on any atom is -0.311 e. The maximum Gasteiger partial charge on any atom is 0.0107 e. The summed E-state index contributed by atoms with van der Waals surface area (Å²) in [6, 6.07) is 12.0. The molecule has 0 radical (unpaired) electrons. The third-order valence-electron chi connectivity index (χ3n) is 2.95. The van der Waals surface area contributed by atoms with E-state index in [2.05, 4.69) is 56.4 Å². The summed E-state index contributed by atoms with van der Waals surface area (Å²) < 4.78 is 0. The third kappa shape index (κ3) is 4.48. The number of nitrogens with one attached hydrogen (secondary N) is 1. The van der Waals surface area contributed by atoms with E-state index >= 15 is 0 Å². The van der Waals surface area contributed by atoms with Crippen molar-refractivity contribution in [3.8, 4) is 0 Å². The molecule has 84 valence electrons. The fourth-order valence-corrected chi connectivity index (χ4v) is 1.74. The Labute approximate surface area is 93.9 Å². The fourth-order valence-electron chi connectivity index (χ4n) is 1.74. The Morgan fingerprint density at radius 1 is 1.07 bits per heavy atom. The summed E-state index contributed by atoms with van der Waals surface area (Å²) in [6.45, 7) is 6.74. The second kappa shape index (κ2) is 6.62. The lowest BCUT2D eigenvalue weighted by Crippen LogP contribution is -2.37. The largest absolute Gasteiger partial charge is 0.311 e. The number of hydrogen-bond donors (Lipinski definition) is 1. The van der Waals surface area contributed by atoms with Crippen molar-refractivity contribution in [2.45, 2.75) is 52.1 Å². The second-order valence-electron chi connectivity index (χ2n) is 4.27. The van der Waals surface area contributed by atoms with Crippen molar-refractivity contribution in [2.24, 2.45) is 0 Å². The van der Waals surface area contributed by atoms with Crippen molar-refractivity contribution in [2.75, 3.05) is 0 Å². The molecule has 1 heteroatoms. The number of rotatable bonds is 6. The van der Waals surface area contributed by atoms with Crippen molar-refractivity contribution in [1.82, 2.24) is 5.32 Å². The summed E-state index contributed by atoms with van der Waals surface area (Å²) in [5, 5.41) is 3.66. The average Bonchev–Trinajstić information content (AvgIpc) is 2.29. The molecule has 0 amide bonds. The van der Waals surface area contributed by atoms with Gasteiger partial charge in [-0.1, -0.05) is 44.2 Å². The highest BCUT2D eigenvalue weighted by Gasteiger charge is 2.09. The van der Waals surface area contributed by atoms with Crippen LogP contribution in [0, 0.1) is 0 Å². The van der Waals surface area contributed by atoms with Gasteiger partial charge in [0, 0.05) is 12.1 Å². The van der Waals surface area contributed by atoms with Crippen LogP contribution in [-0.2, 0) is 6.42 Å². The Morgan fingerprint density at radius 2 is 1.73 bits per heavy atom. The molecule has 1 rings (SSSR count). The molecule has 1 aromatic rings. The zero-order valence-electron chi connectivity index (χ0n) is 10.2. The maximum atomic E-state index is 3.66. The van der Waals surface area contributed by atoms with Gasteiger partial charge < -0.3 is 5.32 Å². The predicted molar refractivity (Wildman–Crippen MR) is 67.1 cm³/mol. The zero-order valence-corrected chi connectivity index (χ0v) is 10.2. The smallest absolute Gasteiger partial charge is 0.0107 e. The van der Waals surface area contributed by atoms with Crippen molar-refractivity contribution in [1.29, 1.82) is 0 Å². The highest BCUT2D eigenvalue weighted by molar-refractivity contribution is 5.15. The van der Waals surface area contributed by atoms with Gasteiger partial charge in [-0.2, -0.15) is 0 Å². The van der Waals surface area contributed by atoms with Gasteiger partial charge in [0.15, 0.2) is 0 Å². The fraction of sp³-hybridized carbons (Fsp3) is 0.571. The SMILES string of the molecule is CC[C@@H](Cc1ccccc1)N[C@H](C)CC. The van der Waals surface area contributed by atoms with E-state index in [1.807, 2.05) is 0 Å². The lowest BCUT2D eigenvalue weighted by atomic mass is 10.0. The van der Waals surface area contributed by atoms with E-state index in [0.717, 1.165) is 6.42 Å². The van der Waals surface area contributed by atoms with Gasteiger partial charge in [0.1, 0.15) is 0 Å². The molecule has 0 saturated heterocycles. The van der Waals surface area contributed by atoms with Gasteiger partial charge >= 0.3 is 0 Å². The Hall–Kier alpha value is -0.820. The standard InChI is InChI=1S/C14H23N/c1-4-12(3)15-14(5-2)11-13-9-7-6-8-10-13/h6-10,12,14-15H,4-5,11H2,1-3H3/t12-,14+/m1/s1. The first kappa shape index (κ1) is 12.3. The Balaban J connectivity index is 2.47. The van der Waals surface area contributed by atoms with Crippen molar-refractivity contribution < 1.29 is 0 Å². The van der Waals surface area contributed by atoms with Crippen molar-refractivity contribution >= 4 is 0 Å². The lowest BCUT2D eigenvalue weighted by molar-refractivity contribution is 0.424. The molecule has 0 spiro atoms. The van der Waals surface area contributed by atoms with Crippen LogP contribution in [0.5, 0.6) is 0 Å². The Morgan fingerprint density at radius 3 is 2.27 bits per heavy atom. The van der Waals surface area contributed by atoms with Gasteiger partial charge in [-0.15, -0.1) is 0 Å². The van der Waals surface area contributed by atoms with E-state index in [-0.39, 0.29) is 0 Å². The van der Waals surface area contributed by atoms with Gasteiger partial charge in [-0.25, -0.2) is 0 Å². The highest BCUT2D eigenvalue weighted by Crippen LogP contribution is 2.06. The first-order valence-corrected chi connectivity index (χ1v) is 6.06. The van der Waals surface area contributed by atoms with Crippen molar-refractivity contribution in [3.63, 3.8) is 0 Å². The quantitative estimate of drug-likeness (QED) is 0.750. The minimum atomic E-state index is 0.613. The van der Waals surface area contributed by atoms with Gasteiger partial charge in [0.25, 0.3) is 0 Å². The van der Waals surface area contributed by atoms with Crippen LogP contribution in [0.3, 0.4) is 0 Å². The normalized spacial score (nSPS) is 14.9. The molecule has 0 aromatic heterocycles. The molecule has 1 N–H and O–H groups in total. The van der Waals surface area contributed by atoms with E-state index in [1.165, 1.54) is 18.4 Å². The van der Waals surface area contributed by atoms with Crippen LogP contribution in [0.15, 0.2) is 30.3 Å². The van der Waals surface area contributed by atoms with Crippen LogP contribution in [0.25, 0.3) is 0 Å². The van der Waals surface area contributed by atoms with E-state index in [9.17, 15) is 0 Å². The molecule has 0 fully saturated rings. The van der Waals surface area contributed by atoms with Crippen LogP contribution >= 0.6 is 0 Å². The van der Waals surface area contributed by atoms with Gasteiger partial charge in [-0.05, 0) is 31.7 Å². The molecular weight excluding hydrogens is 182 g/mol. The summed E-state index contributed by atoms with van der Waals surface area (Å²) in [7, 11) is 0. The Kier molecular flexibility index (Phi) is 5.41. The monoisotopic (exact) mass is 205 g/mol. The summed E-state index contributed by atoms with van der Waals surface area (Å²) in [5.41, 5.74) is 1.43. The van der Waals surface area contributed by atoms with Crippen LogP contribution in [-0.4, -0.2) is 12.1 Å². The van der Waals surface area contributed by atoms with E-state index < -0.39 is 0 Å². The second-order valence-corrected chi connectivity index (χ2v) is 4.27. The number of hydrogen-bond acceptors (Lipinski definition) is 1. The molecule has 0 bridgehead atoms. The third-order valence-corrected chi connectivity index (χ3v) is 2.95. The number of benzene rings is 1. The maximum absolute atomic E-state index is 3.66. The topological polar surface area (TPSA) is 12.0 Å². The van der Waals surface area contributed by atoms with E-state index in [1.54, 1.807) is 0 Å². The van der Waals surface area contributed by atoms with Gasteiger partial charge in [-0.3, -0.25) is 0 Å². The molecule has 0 aliphatic heterocycles. The molecule has 0 aliphatic carbocycles. The minimum absolute atomic E-state index is 0.613. The summed E-state index contributed by atoms with van der Waals surface area (Å²) in [6.07, 6.45) is 3.53. The van der Waals surface area contributed by atoms with Crippen molar-refractivity contribution in [3.05, 3.63) is 35.9 Å². The molecular formula is C14H23N. The molecule has 15 heavy (non-hydrogen) atoms. The first-order chi connectivity index (χ1) is 7.26. The van der Waals surface area contributed by atoms with Crippen LogP contribution in [0.1, 0.15) is 39.2 Å². The van der Waals surface area contributed by atoms with Crippen LogP contribution < -0.4 is 5.32 Å². The van der Waals surface area contributed by atoms with Gasteiger partial charge in [0.2, 0.25) is 0 Å². The van der Waals surface area contributed by atoms with E-state index in [0.29, 0.717) is 12.1 Å². The highest BCUT2D eigenvalue weighted by atomic mass is 14.9. The average molecular weight is 205 g/mol. The van der Waals surface area contributed by atoms with E-state index in [4.69, 9.17) is 0 Å². The van der Waals surface area contributed by atoms with Crippen LogP contribution in [0.2, 0.25) is 0 Å². The first-order valence-electron chi connectivity index (χ1n) is 6.06. The molecule has 1 nitrogen and oxygen atoms in total. The molecule has 0 aliphatic rings. The summed E-state index contributed by atoms with van der Waals surface area (Å²) in [4.78, 5) is 0. The lowest BCUT2D eigenvalue weighted by Gasteiger charge is -2.21. The molecule has 0 unspecified atom stereocenters. The molecule has 2 atom stereocenters. The van der Waals surface area contributed by atoms with Crippen LogP contribution in [0.4, 0.5) is 0 Å². The summed E-state index contributed by atoms with van der Waals surface area (Å²) >= 11 is 0. The van der Waals surface area contributed by atoms with Gasteiger partial charge in [0.05, 0.1) is 0 Å². The molecule has 1 aromatic carbocycles. The predicted octanol–water partition coefficient (Wildman–Crippen LogP) is 3.40. The summed E-state index contributed by atoms with van der Waals surface area (Å²) in [5.74, 6) is 0. The Bertz CT molecular complexity index is 255. The molecule has 0 saturated carbocycles. The molecule has 0 heterocycles.